The minimum Gasteiger partial charge on any atom is -0.424 e. The van der Waals surface area contributed by atoms with Gasteiger partial charge in [-0.3, -0.25) is 15.0 Å². The highest BCUT2D eigenvalue weighted by Gasteiger charge is 2.24. The van der Waals surface area contributed by atoms with Crippen molar-refractivity contribution >= 4 is 190 Å². The summed E-state index contributed by atoms with van der Waals surface area (Å²) in [5.41, 5.74) is 11.5. The highest BCUT2D eigenvalue weighted by Crippen LogP contribution is 2.32. The SMILES string of the molecule is Clc1ccc2[nH]ncc2n1.Clc1ccc2c(n1)c(/C=C/c1ccccc1)nn2C1CCCCO1.Clc1ccc2c(n1)c(I)nn2C1CCCCO1.Clc1ccc2n[nH]c(I)c2n1.O=Cc1nn(C2CCCCO2)c2ccc(Cl)nc12.OB(O)/C=C/c1ccccc1. The van der Waals surface area contributed by atoms with Crippen molar-refractivity contribution in [1.82, 2.24) is 74.7 Å². The Bertz CT molecular complexity index is 4410. The number of hydrogen-bond donors (Lipinski definition) is 4. The number of nitrogens with one attached hydrogen (secondary N) is 2. The normalized spacial score (nSPS) is 16.5. The monoisotopic (exact) mass is 1550 g/mol. The lowest BCUT2D eigenvalue weighted by atomic mass is 9.91. The number of fused-ring (bicyclic) bond motifs is 5. The second-order valence-corrected chi connectivity index (χ2v) is 24.4. The van der Waals surface area contributed by atoms with Crippen LogP contribution >= 0.6 is 103 Å². The summed E-state index contributed by atoms with van der Waals surface area (Å²) >= 11 is 33.5. The van der Waals surface area contributed by atoms with Crippen LogP contribution in [0.5, 0.6) is 0 Å². The number of H-pyrrole nitrogens is 2. The number of halogens is 7. The first-order chi connectivity index (χ1) is 44.3. The molecule has 3 saturated heterocycles. The maximum atomic E-state index is 11.0. The molecule has 0 radical (unpaired) electrons. The summed E-state index contributed by atoms with van der Waals surface area (Å²) in [5, 5.41) is 46.2. The zero-order valence-electron chi connectivity index (χ0n) is 48.3. The third-order valence-corrected chi connectivity index (χ3v) is 16.6. The van der Waals surface area contributed by atoms with Crippen LogP contribution in [0.2, 0.25) is 25.8 Å². The predicted octanol–water partition coefficient (Wildman–Crippen LogP) is 15.5. The minimum atomic E-state index is -1.37. The number of pyridine rings is 5. The molecule has 468 valence electrons. The molecule has 91 heavy (non-hydrogen) atoms. The van der Waals surface area contributed by atoms with Gasteiger partial charge in [-0.05, 0) is 181 Å². The number of benzene rings is 2. The Morgan fingerprint density at radius 2 is 0.956 bits per heavy atom. The second-order valence-electron chi connectivity index (χ2n) is 20.4. The molecule has 3 unspecified atom stereocenters. The van der Waals surface area contributed by atoms with E-state index >= 15 is 0 Å². The standard InChI is InChI=1S/C19H18ClN3O.C12H12ClN3O2.C11H11ClIN3O.C8H9BO2.C6H3ClIN3.C6H4ClN3/c20-17-12-11-16-19(21-17)15(10-9-14-6-2-1-3-7-14)22-23(16)18-8-4-5-13-24-18;13-10-5-4-9-12(14-10)8(7-17)15-16(9)11-3-1-2-6-18-11;12-8-5-4-7-10(14-8)11(13)15-16(7)9-3-1-2-6-17-9;10-9(11)7-6-8-4-2-1-3-5-8;7-4-2-1-3-5(9-4)6(8)11-10-3;7-6-2-1-4-5(9-6)3-8-10-4/h1-3,6-7,9-12,18H,4-5,8,13H2;4-5,7,11H,1-3,6H2;4-5,9H,1-3,6H2;1-7,10-11H;1-2H,(H,10,11);1-3H,(H,8,10)/b10-9+;;;7-6+;;. The molecule has 29 heteroatoms. The first-order valence-electron chi connectivity index (χ1n) is 28.8. The zero-order chi connectivity index (χ0) is 63.6. The van der Waals surface area contributed by atoms with E-state index in [-0.39, 0.29) is 18.7 Å². The zero-order valence-corrected chi connectivity index (χ0v) is 56.4. The summed E-state index contributed by atoms with van der Waals surface area (Å²) in [4.78, 5) is 32.1. The lowest BCUT2D eigenvalue weighted by Gasteiger charge is -2.23. The van der Waals surface area contributed by atoms with Crippen molar-refractivity contribution in [2.24, 2.45) is 0 Å². The van der Waals surface area contributed by atoms with Gasteiger partial charge in [0.25, 0.3) is 0 Å². The fraction of sp³-hybridized carbons (Fsp3) is 0.242. The van der Waals surface area contributed by atoms with Crippen LogP contribution in [0, 0.1) is 7.40 Å². The first kappa shape index (κ1) is 67.4. The van der Waals surface area contributed by atoms with Crippen molar-refractivity contribution in [2.75, 3.05) is 19.8 Å². The third-order valence-electron chi connectivity index (χ3n) is 14.0. The number of carbonyl (C=O) groups excluding carboxylic acids is 1. The molecule has 15 rings (SSSR count). The molecule has 10 aromatic heterocycles. The summed E-state index contributed by atoms with van der Waals surface area (Å²) < 4.78 is 24.7. The van der Waals surface area contributed by atoms with Gasteiger partial charge in [0.15, 0.2) is 30.7 Å². The van der Waals surface area contributed by atoms with E-state index in [2.05, 4.69) is 113 Å². The fourth-order valence-electron chi connectivity index (χ4n) is 9.75. The van der Waals surface area contributed by atoms with Crippen LogP contribution in [0.15, 0.2) is 133 Å². The predicted molar refractivity (Wildman–Crippen MR) is 374 cm³/mol. The van der Waals surface area contributed by atoms with E-state index in [1.807, 2.05) is 100 Å². The highest BCUT2D eigenvalue weighted by atomic mass is 127. The summed E-state index contributed by atoms with van der Waals surface area (Å²) in [6.45, 7) is 2.31. The molecule has 3 aliphatic heterocycles. The van der Waals surface area contributed by atoms with Gasteiger partial charge in [-0.2, -0.15) is 25.5 Å². The number of aromatic amines is 2. The molecule has 3 fully saturated rings. The number of ether oxygens (including phenoxy) is 3. The van der Waals surface area contributed by atoms with E-state index in [1.54, 1.807) is 47.3 Å². The van der Waals surface area contributed by atoms with Crippen molar-refractivity contribution in [1.29, 1.82) is 0 Å². The molecule has 0 aliphatic carbocycles. The molecular formula is C62H57BCl5I2N15O6. The average molecular weight is 1550 g/mol. The van der Waals surface area contributed by atoms with Crippen LogP contribution in [0.4, 0.5) is 0 Å². The van der Waals surface area contributed by atoms with Gasteiger partial charge in [0.05, 0.1) is 28.3 Å². The maximum Gasteiger partial charge on any atom is 0.480 e. The Balaban J connectivity index is 0.000000123. The van der Waals surface area contributed by atoms with E-state index in [1.165, 1.54) is 12.4 Å². The van der Waals surface area contributed by atoms with Crippen LogP contribution in [0.3, 0.4) is 0 Å². The summed E-state index contributed by atoms with van der Waals surface area (Å²) in [7, 11) is -1.37. The quantitative estimate of drug-likeness (QED) is 0.0477. The molecule has 0 saturated carbocycles. The smallest absolute Gasteiger partial charge is 0.424 e. The molecule has 2 aromatic carbocycles. The Morgan fingerprint density at radius 1 is 0.495 bits per heavy atom. The largest absolute Gasteiger partial charge is 0.480 e. The van der Waals surface area contributed by atoms with E-state index in [0.29, 0.717) is 43.3 Å². The number of nitrogens with zero attached hydrogens (tertiary/aromatic N) is 13. The van der Waals surface area contributed by atoms with Gasteiger partial charge in [-0.25, -0.2) is 39.0 Å². The van der Waals surface area contributed by atoms with E-state index in [4.69, 9.17) is 87.4 Å². The molecule has 4 N–H and O–H groups in total. The number of hydrogen-bond acceptors (Lipinski definition) is 16. The fourth-order valence-corrected chi connectivity index (χ4v) is 11.6. The van der Waals surface area contributed by atoms with E-state index in [0.717, 1.165) is 145 Å². The Hall–Kier alpha value is -6.54. The van der Waals surface area contributed by atoms with Crippen LogP contribution in [-0.4, -0.2) is 118 Å². The lowest BCUT2D eigenvalue weighted by Crippen LogP contribution is -2.19. The van der Waals surface area contributed by atoms with Crippen LogP contribution < -0.4 is 0 Å². The van der Waals surface area contributed by atoms with Gasteiger partial charge in [0, 0.05) is 19.8 Å². The summed E-state index contributed by atoms with van der Waals surface area (Å²) in [6, 6.07) is 37.8. The van der Waals surface area contributed by atoms with E-state index < -0.39 is 7.12 Å². The van der Waals surface area contributed by atoms with Crippen molar-refractivity contribution in [3.05, 3.63) is 189 Å². The summed E-state index contributed by atoms with van der Waals surface area (Å²) in [5.74, 6) is 1.31. The second kappa shape index (κ2) is 33.3. The van der Waals surface area contributed by atoms with Gasteiger partial charge in [-0.1, -0.05) is 137 Å². The molecule has 0 bridgehead atoms. The van der Waals surface area contributed by atoms with Gasteiger partial charge >= 0.3 is 7.12 Å². The molecule has 0 amide bonds. The number of aldehydes is 1. The van der Waals surface area contributed by atoms with Crippen molar-refractivity contribution in [3.8, 4) is 0 Å². The highest BCUT2D eigenvalue weighted by molar-refractivity contribution is 14.1. The first-order valence-corrected chi connectivity index (χ1v) is 32.9. The third kappa shape index (κ3) is 18.4. The Morgan fingerprint density at radius 3 is 1.48 bits per heavy atom. The van der Waals surface area contributed by atoms with Crippen molar-refractivity contribution < 1.29 is 29.1 Å². The van der Waals surface area contributed by atoms with Gasteiger partial charge in [0.2, 0.25) is 0 Å². The van der Waals surface area contributed by atoms with E-state index in [9.17, 15) is 4.79 Å². The number of aromatic nitrogens is 15. The molecule has 13 heterocycles. The summed E-state index contributed by atoms with van der Waals surface area (Å²) in [6.07, 6.45) is 17.6. The molecule has 3 atom stereocenters. The van der Waals surface area contributed by atoms with Gasteiger partial charge < -0.3 is 24.3 Å². The van der Waals surface area contributed by atoms with Gasteiger partial charge in [-0.15, -0.1) is 0 Å². The number of carbonyl (C=O) groups is 1. The van der Waals surface area contributed by atoms with Crippen LogP contribution in [0.1, 0.15) is 104 Å². The van der Waals surface area contributed by atoms with Crippen molar-refractivity contribution in [3.63, 3.8) is 0 Å². The average Bonchev–Trinajstić information content (AvgIpc) is 1.72. The Labute approximate surface area is 574 Å². The van der Waals surface area contributed by atoms with Crippen molar-refractivity contribution in [2.45, 2.75) is 76.5 Å². The molecule has 3 aliphatic rings. The van der Waals surface area contributed by atoms with Gasteiger partial charge in [0.1, 0.15) is 72.0 Å². The molecule has 12 aromatic rings. The van der Waals surface area contributed by atoms with Crippen LogP contribution in [-0.2, 0) is 14.2 Å². The lowest BCUT2D eigenvalue weighted by molar-refractivity contribution is -0.0369. The molecule has 21 nitrogen and oxygen atoms in total. The van der Waals surface area contributed by atoms with Crippen LogP contribution in [0.25, 0.3) is 73.4 Å². The Kier molecular flexibility index (Phi) is 24.7. The molecular weight excluding hydrogens is 1490 g/mol. The minimum absolute atomic E-state index is 0.0249. The molecule has 0 spiro atoms. The topological polar surface area (TPSA) is 260 Å². The maximum absolute atomic E-state index is 11.0. The number of rotatable bonds is 8.